The number of sulfonamides is 1. The summed E-state index contributed by atoms with van der Waals surface area (Å²) in [5.74, 6) is -4.52. The van der Waals surface area contributed by atoms with Crippen molar-refractivity contribution in [3.05, 3.63) is 77.4 Å². The molecule has 0 unspecified atom stereocenters. The van der Waals surface area contributed by atoms with Gasteiger partial charge in [0.25, 0.3) is 15.9 Å². The minimum absolute atomic E-state index is 0.0413. The molecule has 2 aromatic carbocycles. The fourth-order valence-electron chi connectivity index (χ4n) is 6.87. The molecule has 1 aliphatic rings. The Morgan fingerprint density at radius 3 is 1.82 bits per heavy atom. The molecule has 3 atom stereocenters. The summed E-state index contributed by atoms with van der Waals surface area (Å²) in [6, 6.07) is 10.9. The summed E-state index contributed by atoms with van der Waals surface area (Å²) >= 11 is 0. The SMILES string of the molecule is C/C(=C\[C@H](C(C)C)N(C)C(=O)[C@@H](NC(=O)[C@@H](N(C)C(=O)OC(C)(C)C)C(C)(C)c1ccccc1)C(C)(C)C)C(=O)NS(=O)(=O)c1ccc(C2(NC(=O)C(F)(F)F)CC2)cc1. The Bertz CT molecular complexity index is 2050. The van der Waals surface area contributed by atoms with Gasteiger partial charge in [-0.1, -0.05) is 97.0 Å². The molecule has 0 bridgehead atoms. The van der Waals surface area contributed by atoms with E-state index in [1.54, 1.807) is 55.4 Å². The van der Waals surface area contributed by atoms with Crippen molar-refractivity contribution >= 4 is 39.7 Å². The van der Waals surface area contributed by atoms with E-state index in [2.05, 4.69) is 5.32 Å². The van der Waals surface area contributed by atoms with Gasteiger partial charge >= 0.3 is 18.2 Å². The average molecular weight is 864 g/mol. The molecule has 0 aliphatic heterocycles. The Labute approximate surface area is 351 Å². The smallest absolute Gasteiger partial charge is 0.444 e. The molecule has 0 saturated heterocycles. The van der Waals surface area contributed by atoms with Gasteiger partial charge in [-0.15, -0.1) is 0 Å². The molecule has 1 saturated carbocycles. The molecule has 17 heteroatoms. The van der Waals surface area contributed by atoms with E-state index in [1.807, 2.05) is 54.2 Å². The van der Waals surface area contributed by atoms with E-state index in [0.717, 1.165) is 17.7 Å². The summed E-state index contributed by atoms with van der Waals surface area (Å²) in [6.45, 7) is 19.1. The van der Waals surface area contributed by atoms with Gasteiger partial charge in [-0.3, -0.25) is 24.1 Å². The first-order chi connectivity index (χ1) is 27.2. The molecule has 0 spiro atoms. The number of benzene rings is 2. The number of carbonyl (C=O) groups is 5. The average Bonchev–Trinajstić information content (AvgIpc) is 3.91. The summed E-state index contributed by atoms with van der Waals surface area (Å²) in [6.07, 6.45) is -3.90. The maximum absolute atomic E-state index is 14.5. The molecule has 3 rings (SSSR count). The number of ether oxygens (including phenoxy) is 1. The van der Waals surface area contributed by atoms with Crippen LogP contribution in [0.1, 0.15) is 100 Å². The number of alkyl halides is 3. The summed E-state index contributed by atoms with van der Waals surface area (Å²) in [7, 11) is -1.48. The van der Waals surface area contributed by atoms with Crippen molar-refractivity contribution in [2.24, 2.45) is 11.3 Å². The molecule has 0 heterocycles. The molecule has 1 aliphatic carbocycles. The fraction of sp³-hybridized carbons (Fsp3) is 0.558. The topological polar surface area (TPSA) is 171 Å². The van der Waals surface area contributed by atoms with Crippen LogP contribution in [0, 0.1) is 11.3 Å². The van der Waals surface area contributed by atoms with Crippen LogP contribution in [-0.4, -0.2) is 91.9 Å². The summed E-state index contributed by atoms with van der Waals surface area (Å²) < 4.78 is 72.8. The summed E-state index contributed by atoms with van der Waals surface area (Å²) in [5, 5.41) is 4.91. The van der Waals surface area contributed by atoms with Gasteiger partial charge in [-0.25, -0.2) is 17.9 Å². The quantitative estimate of drug-likeness (QED) is 0.185. The van der Waals surface area contributed by atoms with Crippen molar-refractivity contribution in [1.29, 1.82) is 0 Å². The number of nitrogens with one attached hydrogen (secondary N) is 3. The van der Waals surface area contributed by atoms with Crippen LogP contribution >= 0.6 is 0 Å². The van der Waals surface area contributed by atoms with Crippen LogP contribution in [0.5, 0.6) is 0 Å². The first kappa shape index (κ1) is 49.4. The second-order valence-electron chi connectivity index (χ2n) is 18.4. The molecule has 1 fully saturated rings. The van der Waals surface area contributed by atoms with Crippen LogP contribution in [-0.2, 0) is 44.9 Å². The van der Waals surface area contributed by atoms with Crippen molar-refractivity contribution in [3.63, 3.8) is 0 Å². The minimum atomic E-state index is -5.08. The van der Waals surface area contributed by atoms with Crippen LogP contribution < -0.4 is 15.4 Å². The molecular weight excluding hydrogens is 804 g/mol. The number of likely N-dealkylation sites (N-methyl/N-ethyl adjacent to an activating group) is 2. The molecular formula is C43H60F3N5O8S. The predicted octanol–water partition coefficient (Wildman–Crippen LogP) is 6.33. The van der Waals surface area contributed by atoms with Gasteiger partial charge in [0.1, 0.15) is 17.7 Å². The highest BCUT2D eigenvalue weighted by molar-refractivity contribution is 7.90. The number of hydrogen-bond donors (Lipinski definition) is 3. The van der Waals surface area contributed by atoms with E-state index < -0.39 is 86.0 Å². The van der Waals surface area contributed by atoms with Crippen LogP contribution in [0.15, 0.2) is 71.1 Å². The van der Waals surface area contributed by atoms with Crippen molar-refractivity contribution in [3.8, 4) is 0 Å². The van der Waals surface area contributed by atoms with Crippen LogP contribution in [0.3, 0.4) is 0 Å². The maximum atomic E-state index is 14.5. The number of nitrogens with zero attached hydrogens (tertiary/aromatic N) is 2. The highest BCUT2D eigenvalue weighted by atomic mass is 32.2. The predicted molar refractivity (Wildman–Crippen MR) is 221 cm³/mol. The Kier molecular flexibility index (Phi) is 14.8. The zero-order chi connectivity index (χ0) is 46.0. The standard InChI is InChI=1S/C43H60F3N5O8S/c1-26(2)31(25-27(3)34(52)49-60(57,58)30-21-19-29(20-22-30)42(23-24-42)48-37(55)43(44,45)46)50(12)36(54)32(39(4,5)6)47-35(53)33(51(13)38(56)59-40(7,8)9)41(10,11)28-17-15-14-16-18-28/h14-22,25-26,31-33H,23-24H2,1-13H3,(H,47,53)(H,48,55)(H,49,52)/b27-25+/t31-,32-,33-/m1/s1. The lowest BCUT2D eigenvalue weighted by Crippen LogP contribution is -2.63. The summed E-state index contributed by atoms with van der Waals surface area (Å²) in [4.78, 5) is 69.6. The second-order valence-corrected chi connectivity index (χ2v) is 20.1. The molecule has 2 aromatic rings. The first-order valence-corrected chi connectivity index (χ1v) is 21.1. The molecule has 332 valence electrons. The Morgan fingerprint density at radius 2 is 1.37 bits per heavy atom. The van der Waals surface area contributed by atoms with Crippen molar-refractivity contribution in [2.75, 3.05) is 14.1 Å². The van der Waals surface area contributed by atoms with Crippen LogP contribution in [0.4, 0.5) is 18.0 Å². The van der Waals surface area contributed by atoms with Crippen molar-refractivity contribution in [1.82, 2.24) is 25.2 Å². The molecule has 0 radical (unpaired) electrons. The van der Waals surface area contributed by atoms with Gasteiger partial charge in [0.15, 0.2) is 0 Å². The molecule has 13 nitrogen and oxygen atoms in total. The highest BCUT2D eigenvalue weighted by Gasteiger charge is 2.51. The second kappa shape index (κ2) is 18.0. The van der Waals surface area contributed by atoms with Crippen molar-refractivity contribution < 1.29 is 50.3 Å². The number of amides is 5. The van der Waals surface area contributed by atoms with E-state index in [0.29, 0.717) is 0 Å². The van der Waals surface area contributed by atoms with Crippen molar-refractivity contribution in [2.45, 2.75) is 135 Å². The van der Waals surface area contributed by atoms with E-state index in [4.69, 9.17) is 4.74 Å². The minimum Gasteiger partial charge on any atom is -0.444 e. The molecule has 0 aromatic heterocycles. The summed E-state index contributed by atoms with van der Waals surface area (Å²) in [5.41, 5.74) is -2.96. The fourth-order valence-corrected chi connectivity index (χ4v) is 7.89. The zero-order valence-electron chi connectivity index (χ0n) is 36.7. The Hall–Kier alpha value is -4.93. The highest BCUT2D eigenvalue weighted by Crippen LogP contribution is 2.46. The van der Waals surface area contributed by atoms with Gasteiger partial charge in [-0.2, -0.15) is 13.2 Å². The number of rotatable bonds is 14. The lowest BCUT2D eigenvalue weighted by atomic mass is 9.76. The van der Waals surface area contributed by atoms with E-state index >= 15 is 0 Å². The third-order valence-corrected chi connectivity index (χ3v) is 11.8. The largest absolute Gasteiger partial charge is 0.471 e. The Balaban J connectivity index is 1.88. The Morgan fingerprint density at radius 1 is 0.833 bits per heavy atom. The maximum Gasteiger partial charge on any atom is 0.471 e. The molecule has 60 heavy (non-hydrogen) atoms. The number of hydrogen-bond acceptors (Lipinski definition) is 8. The van der Waals surface area contributed by atoms with Gasteiger partial charge < -0.3 is 20.3 Å². The van der Waals surface area contributed by atoms with Gasteiger partial charge in [-0.05, 0) is 75.1 Å². The normalized spacial score (nSPS) is 16.2. The molecule has 3 N–H and O–H groups in total. The third kappa shape index (κ3) is 12.1. The number of carbonyl (C=O) groups excluding carboxylic acids is 5. The molecule has 5 amide bonds. The lowest BCUT2D eigenvalue weighted by molar-refractivity contribution is -0.174. The van der Waals surface area contributed by atoms with Gasteiger partial charge in [0, 0.05) is 25.1 Å². The monoisotopic (exact) mass is 863 g/mol. The number of halogens is 3. The lowest BCUT2D eigenvalue weighted by Gasteiger charge is -2.42. The first-order valence-electron chi connectivity index (χ1n) is 19.6. The zero-order valence-corrected chi connectivity index (χ0v) is 37.5. The van der Waals surface area contributed by atoms with Gasteiger partial charge in [0.2, 0.25) is 11.8 Å². The third-order valence-electron chi connectivity index (χ3n) is 10.5. The van der Waals surface area contributed by atoms with E-state index in [1.165, 1.54) is 49.0 Å². The van der Waals surface area contributed by atoms with Gasteiger partial charge in [0.05, 0.1) is 16.5 Å². The van der Waals surface area contributed by atoms with Crippen LogP contribution in [0.2, 0.25) is 0 Å². The van der Waals surface area contributed by atoms with E-state index in [-0.39, 0.29) is 34.8 Å². The van der Waals surface area contributed by atoms with Crippen LogP contribution in [0.25, 0.3) is 0 Å². The van der Waals surface area contributed by atoms with E-state index in [9.17, 15) is 45.6 Å².